The van der Waals surface area contributed by atoms with Crippen molar-refractivity contribution in [3.05, 3.63) is 95.6 Å². The van der Waals surface area contributed by atoms with Crippen LogP contribution in [0.2, 0.25) is 0 Å². The first-order valence-electron chi connectivity index (χ1n) is 13.9. The maximum Gasteiger partial charge on any atom is 0.252 e. The van der Waals surface area contributed by atoms with Gasteiger partial charge in [-0.15, -0.1) is 0 Å². The van der Waals surface area contributed by atoms with Crippen LogP contribution in [-0.4, -0.2) is 41.8 Å². The smallest absolute Gasteiger partial charge is 0.252 e. The third-order valence-corrected chi connectivity index (χ3v) is 6.80. The van der Waals surface area contributed by atoms with E-state index in [-0.39, 0.29) is 24.8 Å². The number of amides is 4. The molecule has 9 nitrogen and oxygen atoms in total. The van der Waals surface area contributed by atoms with E-state index in [1.54, 1.807) is 25.1 Å². The highest BCUT2D eigenvalue weighted by atomic mass is 16.2. The lowest BCUT2D eigenvalue weighted by Gasteiger charge is -2.25. The van der Waals surface area contributed by atoms with Crippen LogP contribution in [0.3, 0.4) is 0 Å². The molecule has 4 bridgehead atoms. The van der Waals surface area contributed by atoms with Gasteiger partial charge in [0.15, 0.2) is 0 Å². The van der Waals surface area contributed by atoms with Crippen LogP contribution in [0.1, 0.15) is 48.7 Å². The molecule has 41 heavy (non-hydrogen) atoms. The van der Waals surface area contributed by atoms with Gasteiger partial charge in [-0.05, 0) is 60.7 Å². The molecule has 0 radical (unpaired) electrons. The van der Waals surface area contributed by atoms with Crippen molar-refractivity contribution in [2.75, 3.05) is 5.32 Å². The van der Waals surface area contributed by atoms with E-state index in [0.717, 1.165) is 16.8 Å². The molecule has 1 heterocycles. The van der Waals surface area contributed by atoms with Crippen LogP contribution in [0, 0.1) is 5.92 Å². The Bertz CT molecular complexity index is 1390. The molecule has 4 amide bonds. The number of hydrogen-bond acceptors (Lipinski definition) is 5. The van der Waals surface area contributed by atoms with Crippen molar-refractivity contribution in [3.8, 4) is 0 Å². The van der Waals surface area contributed by atoms with Crippen molar-refractivity contribution in [2.24, 2.45) is 5.92 Å². The van der Waals surface area contributed by atoms with Crippen molar-refractivity contribution in [3.63, 3.8) is 0 Å². The topological polar surface area (TPSA) is 128 Å². The van der Waals surface area contributed by atoms with E-state index in [4.69, 9.17) is 0 Å². The maximum absolute atomic E-state index is 13.6. The summed E-state index contributed by atoms with van der Waals surface area (Å²) in [7, 11) is 0. The Labute approximate surface area is 240 Å². The number of carbonyl (C=O) groups excluding carboxylic acids is 4. The Balaban J connectivity index is 1.69. The summed E-state index contributed by atoms with van der Waals surface area (Å²) in [4.78, 5) is 53.1. The lowest BCUT2D eigenvalue weighted by Crippen LogP contribution is -2.56. The molecule has 5 N–H and O–H groups in total. The summed E-state index contributed by atoms with van der Waals surface area (Å²) in [6.07, 6.45) is 0.594. The first-order valence-corrected chi connectivity index (χ1v) is 13.9. The van der Waals surface area contributed by atoms with Crippen LogP contribution in [0.5, 0.6) is 0 Å². The van der Waals surface area contributed by atoms with Crippen LogP contribution in [0.25, 0.3) is 0 Å². The predicted molar refractivity (Wildman–Crippen MR) is 158 cm³/mol. The van der Waals surface area contributed by atoms with E-state index in [2.05, 4.69) is 26.6 Å². The molecular formula is C32H37N5O4. The van der Waals surface area contributed by atoms with Gasteiger partial charge in [-0.2, -0.15) is 0 Å². The van der Waals surface area contributed by atoms with Gasteiger partial charge in [0.05, 0.1) is 0 Å². The average Bonchev–Trinajstić information content (AvgIpc) is 2.95. The second-order valence-electron chi connectivity index (χ2n) is 10.8. The third kappa shape index (κ3) is 8.41. The second kappa shape index (κ2) is 13.6. The van der Waals surface area contributed by atoms with E-state index in [1.165, 1.54) is 0 Å². The lowest BCUT2D eigenvalue weighted by molar-refractivity contribution is -0.132. The molecule has 0 saturated heterocycles. The van der Waals surface area contributed by atoms with Gasteiger partial charge >= 0.3 is 0 Å². The van der Waals surface area contributed by atoms with E-state index >= 15 is 0 Å². The van der Waals surface area contributed by atoms with Gasteiger partial charge < -0.3 is 26.6 Å². The highest BCUT2D eigenvalue weighted by Gasteiger charge is 2.29. The van der Waals surface area contributed by atoms with Gasteiger partial charge in [-0.25, -0.2) is 0 Å². The minimum atomic E-state index is -0.941. The molecule has 0 spiro atoms. The third-order valence-electron chi connectivity index (χ3n) is 6.80. The molecule has 3 aromatic carbocycles. The first-order chi connectivity index (χ1) is 19.7. The molecule has 1 aliphatic rings. The summed E-state index contributed by atoms with van der Waals surface area (Å²) in [5, 5.41) is 14.6. The Kier molecular flexibility index (Phi) is 9.73. The number of rotatable bonds is 4. The number of fused-ring (bicyclic) bond motifs is 4. The molecule has 1 aliphatic heterocycles. The fourth-order valence-corrected chi connectivity index (χ4v) is 4.66. The molecule has 9 heteroatoms. The largest absolute Gasteiger partial charge is 0.355 e. The normalized spacial score (nSPS) is 20.3. The molecule has 3 atom stereocenters. The zero-order valence-corrected chi connectivity index (χ0v) is 23.6. The van der Waals surface area contributed by atoms with Crippen molar-refractivity contribution >= 4 is 35.0 Å². The Morgan fingerprint density at radius 2 is 1.41 bits per heavy atom. The van der Waals surface area contributed by atoms with Gasteiger partial charge in [0.1, 0.15) is 18.1 Å². The van der Waals surface area contributed by atoms with E-state index in [1.807, 2.05) is 74.5 Å². The Morgan fingerprint density at radius 1 is 0.732 bits per heavy atom. The van der Waals surface area contributed by atoms with Crippen molar-refractivity contribution < 1.29 is 19.2 Å². The molecule has 0 fully saturated rings. The van der Waals surface area contributed by atoms with E-state index < -0.39 is 35.8 Å². The Hall–Kier alpha value is -4.66. The molecular weight excluding hydrogens is 518 g/mol. The molecule has 3 aromatic rings. The van der Waals surface area contributed by atoms with Gasteiger partial charge in [0, 0.05) is 29.9 Å². The fraction of sp³-hybridized carbons (Fsp3) is 0.312. The van der Waals surface area contributed by atoms with E-state index in [0.29, 0.717) is 17.7 Å². The van der Waals surface area contributed by atoms with Crippen molar-refractivity contribution in [1.29, 1.82) is 0 Å². The van der Waals surface area contributed by atoms with Crippen molar-refractivity contribution in [1.82, 2.24) is 21.3 Å². The standard InChI is InChI=1S/C32H37N5O4/c1-20(2)15-27-31(40)34-21(3)29(38)33-19-23-11-7-13-25(16-23)35-26-14-8-12-24(18-26)30(39)36-28(32(41)37-27)17-22-9-5-4-6-10-22/h4-14,16,18,20-21,27-28,35H,15,17,19H2,1-3H3,(H,33,38)(H,34,40)(H,36,39)(H,37,41)/t21-,27-,28-/m0/s1. The quantitative estimate of drug-likeness (QED) is 0.337. The zero-order chi connectivity index (χ0) is 29.4. The summed E-state index contributed by atoms with van der Waals surface area (Å²) in [5.41, 5.74) is 3.58. The predicted octanol–water partition coefficient (Wildman–Crippen LogP) is 3.44. The van der Waals surface area contributed by atoms with Crippen LogP contribution in [0.4, 0.5) is 11.4 Å². The fourth-order valence-electron chi connectivity index (χ4n) is 4.66. The number of hydrogen-bond donors (Lipinski definition) is 5. The summed E-state index contributed by atoms with van der Waals surface area (Å²) >= 11 is 0. The van der Waals surface area contributed by atoms with Gasteiger partial charge in [0.25, 0.3) is 5.91 Å². The maximum atomic E-state index is 13.6. The molecule has 0 aliphatic carbocycles. The number of nitrogens with one attached hydrogen (secondary N) is 5. The highest BCUT2D eigenvalue weighted by Crippen LogP contribution is 2.20. The van der Waals surface area contributed by atoms with Crippen LogP contribution in [-0.2, 0) is 27.3 Å². The van der Waals surface area contributed by atoms with Crippen LogP contribution in [0.15, 0.2) is 78.9 Å². The Morgan fingerprint density at radius 3 is 2.15 bits per heavy atom. The van der Waals surface area contributed by atoms with Gasteiger partial charge in [0.2, 0.25) is 17.7 Å². The molecule has 0 unspecified atom stereocenters. The van der Waals surface area contributed by atoms with Crippen LogP contribution >= 0.6 is 0 Å². The lowest BCUT2D eigenvalue weighted by atomic mass is 10.0. The summed E-state index contributed by atoms with van der Waals surface area (Å²) in [5.74, 6) is -1.61. The first kappa shape index (κ1) is 29.3. The average molecular weight is 556 g/mol. The highest BCUT2D eigenvalue weighted by molar-refractivity contribution is 5.99. The second-order valence-corrected chi connectivity index (χ2v) is 10.8. The van der Waals surface area contributed by atoms with Gasteiger partial charge in [-0.1, -0.05) is 62.4 Å². The van der Waals surface area contributed by atoms with E-state index in [9.17, 15) is 19.2 Å². The number of carbonyl (C=O) groups is 4. The molecule has 0 aromatic heterocycles. The number of benzene rings is 3. The summed E-state index contributed by atoms with van der Waals surface area (Å²) in [6, 6.07) is 21.3. The summed E-state index contributed by atoms with van der Waals surface area (Å²) in [6.45, 7) is 5.77. The monoisotopic (exact) mass is 555 g/mol. The van der Waals surface area contributed by atoms with Gasteiger partial charge in [-0.3, -0.25) is 19.2 Å². The number of anilines is 2. The molecule has 214 valence electrons. The minimum absolute atomic E-state index is 0.0847. The zero-order valence-electron chi connectivity index (χ0n) is 23.6. The minimum Gasteiger partial charge on any atom is -0.355 e. The SMILES string of the molecule is CC(C)C[C@@H]1NC(=O)[C@H](Cc2ccccc2)NC(=O)c2cccc(c2)Nc2cccc(c2)CNC(=O)[C@H](C)NC1=O. The summed E-state index contributed by atoms with van der Waals surface area (Å²) < 4.78 is 0. The van der Waals surface area contributed by atoms with Crippen molar-refractivity contribution in [2.45, 2.75) is 58.3 Å². The molecule has 0 saturated carbocycles. The molecule has 4 rings (SSSR count). The van der Waals surface area contributed by atoms with Crippen LogP contribution < -0.4 is 26.6 Å².